The molecule has 2 aromatic rings. The lowest BCUT2D eigenvalue weighted by atomic mass is 10.1. The highest BCUT2D eigenvalue weighted by Crippen LogP contribution is 2.26. The zero-order chi connectivity index (χ0) is 16.8. The number of hydrogen-bond acceptors (Lipinski definition) is 5. The molecular weight excluding hydrogens is 308 g/mol. The van der Waals surface area contributed by atoms with Crippen molar-refractivity contribution < 1.29 is 23.7 Å². The molecule has 24 heavy (non-hydrogen) atoms. The summed E-state index contributed by atoms with van der Waals surface area (Å²) in [7, 11) is 1.61. The van der Waals surface area contributed by atoms with E-state index in [0.29, 0.717) is 11.3 Å². The van der Waals surface area contributed by atoms with Crippen molar-refractivity contribution >= 4 is 12.0 Å². The van der Waals surface area contributed by atoms with Crippen LogP contribution in [0.5, 0.6) is 17.2 Å². The molecule has 0 bridgehead atoms. The first-order valence-corrected chi connectivity index (χ1v) is 7.62. The molecule has 1 heterocycles. The van der Waals surface area contributed by atoms with E-state index in [0.717, 1.165) is 17.1 Å². The average molecular weight is 326 g/mol. The molecule has 0 radical (unpaired) electrons. The van der Waals surface area contributed by atoms with Crippen LogP contribution in [0.1, 0.15) is 5.56 Å². The van der Waals surface area contributed by atoms with E-state index in [4.69, 9.17) is 18.9 Å². The summed E-state index contributed by atoms with van der Waals surface area (Å²) < 4.78 is 21.4. The molecule has 1 aliphatic rings. The third kappa shape index (κ3) is 3.87. The summed E-state index contributed by atoms with van der Waals surface area (Å²) in [5.41, 5.74) is 1.38. The van der Waals surface area contributed by atoms with Gasteiger partial charge >= 0.3 is 5.97 Å². The van der Waals surface area contributed by atoms with E-state index in [1.807, 2.05) is 36.4 Å². The Labute approximate surface area is 140 Å². The van der Waals surface area contributed by atoms with Crippen LogP contribution in [0.3, 0.4) is 0 Å². The third-order valence-electron chi connectivity index (χ3n) is 3.54. The molecular formula is C19H18O5. The quantitative estimate of drug-likeness (QED) is 0.603. The first-order chi connectivity index (χ1) is 11.8. The molecule has 124 valence electrons. The zero-order valence-electron chi connectivity index (χ0n) is 13.4. The van der Waals surface area contributed by atoms with E-state index in [-0.39, 0.29) is 25.8 Å². The predicted molar refractivity (Wildman–Crippen MR) is 89.4 cm³/mol. The highest BCUT2D eigenvalue weighted by Gasteiger charge is 2.17. The van der Waals surface area contributed by atoms with Crippen LogP contribution >= 0.6 is 0 Å². The number of esters is 1. The fraction of sp³-hybridized carbons (Fsp3) is 0.211. The van der Waals surface area contributed by atoms with Gasteiger partial charge in [-0.1, -0.05) is 18.2 Å². The summed E-state index contributed by atoms with van der Waals surface area (Å²) in [4.78, 5) is 12.1. The largest absolute Gasteiger partial charge is 0.497 e. The van der Waals surface area contributed by atoms with Gasteiger partial charge in [0.2, 0.25) is 0 Å². The number of carbonyl (C=O) groups excluding carboxylic acids is 1. The molecule has 2 aromatic carbocycles. The van der Waals surface area contributed by atoms with Crippen LogP contribution in [0.15, 0.2) is 54.1 Å². The summed E-state index contributed by atoms with van der Waals surface area (Å²) in [6, 6.07) is 14.8. The molecule has 0 atom stereocenters. The van der Waals surface area contributed by atoms with E-state index in [2.05, 4.69) is 0 Å². The Morgan fingerprint density at radius 1 is 1.04 bits per heavy atom. The Balaban J connectivity index is 1.47. The fourth-order valence-corrected chi connectivity index (χ4v) is 2.29. The second kappa shape index (κ2) is 7.55. The van der Waals surface area contributed by atoms with Crippen molar-refractivity contribution in [3.8, 4) is 17.2 Å². The average Bonchev–Trinajstić information content (AvgIpc) is 2.65. The van der Waals surface area contributed by atoms with Crippen LogP contribution in [0.4, 0.5) is 0 Å². The smallest absolute Gasteiger partial charge is 0.337 e. The minimum Gasteiger partial charge on any atom is -0.497 e. The molecule has 0 unspecified atom stereocenters. The van der Waals surface area contributed by atoms with Gasteiger partial charge in [0.05, 0.1) is 12.7 Å². The predicted octanol–water partition coefficient (Wildman–Crippen LogP) is 3.09. The molecule has 0 fully saturated rings. The van der Waals surface area contributed by atoms with Crippen LogP contribution in [-0.4, -0.2) is 32.9 Å². The van der Waals surface area contributed by atoms with Gasteiger partial charge < -0.3 is 18.9 Å². The highest BCUT2D eigenvalue weighted by atomic mass is 16.6. The Bertz CT molecular complexity index is 734. The van der Waals surface area contributed by atoms with Crippen molar-refractivity contribution in [2.24, 2.45) is 0 Å². The minimum atomic E-state index is -0.386. The number of ether oxygens (including phenoxy) is 4. The second-order valence-corrected chi connectivity index (χ2v) is 5.16. The molecule has 0 aliphatic carbocycles. The van der Waals surface area contributed by atoms with Crippen molar-refractivity contribution in [2.45, 2.75) is 0 Å². The number of fused-ring (bicyclic) bond motifs is 1. The summed E-state index contributed by atoms with van der Waals surface area (Å²) >= 11 is 0. The van der Waals surface area contributed by atoms with Gasteiger partial charge in [-0.05, 0) is 36.4 Å². The van der Waals surface area contributed by atoms with Gasteiger partial charge in [0.25, 0.3) is 0 Å². The van der Waals surface area contributed by atoms with Crippen molar-refractivity contribution in [3.63, 3.8) is 0 Å². The lowest BCUT2D eigenvalue weighted by molar-refractivity contribution is -0.140. The van der Waals surface area contributed by atoms with Crippen molar-refractivity contribution in [2.75, 3.05) is 26.9 Å². The molecule has 5 nitrogen and oxygen atoms in total. The summed E-state index contributed by atoms with van der Waals surface area (Å²) in [5, 5.41) is 0. The SMILES string of the molecule is COc1ccc(OCCOC(=O)C2=Cc3ccccc3OC2)cc1. The molecule has 3 rings (SSSR count). The Morgan fingerprint density at radius 2 is 1.79 bits per heavy atom. The maximum atomic E-state index is 12.1. The van der Waals surface area contributed by atoms with Gasteiger partial charge in [-0.2, -0.15) is 0 Å². The number of rotatable bonds is 6. The van der Waals surface area contributed by atoms with E-state index >= 15 is 0 Å². The van der Waals surface area contributed by atoms with Crippen molar-refractivity contribution in [1.29, 1.82) is 0 Å². The summed E-state index contributed by atoms with van der Waals surface area (Å²) in [6.07, 6.45) is 1.80. The molecule has 0 saturated carbocycles. The Hall–Kier alpha value is -2.95. The number of carbonyl (C=O) groups is 1. The number of benzene rings is 2. The van der Waals surface area contributed by atoms with Crippen molar-refractivity contribution in [1.82, 2.24) is 0 Å². The molecule has 0 spiro atoms. The lowest BCUT2D eigenvalue weighted by Gasteiger charge is -2.17. The van der Waals surface area contributed by atoms with Crippen molar-refractivity contribution in [3.05, 3.63) is 59.7 Å². The topological polar surface area (TPSA) is 54.0 Å². The Kier molecular flexibility index (Phi) is 5.01. The number of para-hydroxylation sites is 1. The van der Waals surface area contributed by atoms with Crippen LogP contribution in [-0.2, 0) is 9.53 Å². The van der Waals surface area contributed by atoms with Gasteiger partial charge in [0, 0.05) is 5.56 Å². The summed E-state index contributed by atoms with van der Waals surface area (Å²) in [6.45, 7) is 0.668. The number of methoxy groups -OCH3 is 1. The highest BCUT2D eigenvalue weighted by molar-refractivity contribution is 5.95. The minimum absolute atomic E-state index is 0.170. The first-order valence-electron chi connectivity index (χ1n) is 7.62. The normalized spacial score (nSPS) is 12.5. The van der Waals surface area contributed by atoms with Crippen LogP contribution in [0.25, 0.3) is 6.08 Å². The molecule has 1 aliphatic heterocycles. The maximum Gasteiger partial charge on any atom is 0.337 e. The molecule has 0 amide bonds. The second-order valence-electron chi connectivity index (χ2n) is 5.16. The zero-order valence-corrected chi connectivity index (χ0v) is 13.4. The van der Waals surface area contributed by atoms with Crippen LogP contribution in [0, 0.1) is 0 Å². The first kappa shape index (κ1) is 15.9. The van der Waals surface area contributed by atoms with Crippen LogP contribution in [0.2, 0.25) is 0 Å². The Morgan fingerprint density at radius 3 is 2.58 bits per heavy atom. The van der Waals surface area contributed by atoms with Crippen LogP contribution < -0.4 is 14.2 Å². The lowest BCUT2D eigenvalue weighted by Crippen LogP contribution is -2.19. The van der Waals surface area contributed by atoms with E-state index in [1.165, 1.54) is 0 Å². The van der Waals surface area contributed by atoms with Gasteiger partial charge in [-0.3, -0.25) is 0 Å². The fourth-order valence-electron chi connectivity index (χ4n) is 2.29. The summed E-state index contributed by atoms with van der Waals surface area (Å²) in [5.74, 6) is 1.85. The van der Waals surface area contributed by atoms with Gasteiger partial charge in [0.1, 0.15) is 37.1 Å². The molecule has 0 saturated heterocycles. The molecule has 0 aromatic heterocycles. The standard InChI is InChI=1S/C19H18O5/c1-21-16-6-8-17(9-7-16)22-10-11-23-19(20)15-12-14-4-2-3-5-18(14)24-13-15/h2-9,12H,10-11,13H2,1H3. The monoisotopic (exact) mass is 326 g/mol. The van der Waals surface area contributed by atoms with Gasteiger partial charge in [-0.25, -0.2) is 4.79 Å². The third-order valence-corrected chi connectivity index (χ3v) is 3.54. The molecule has 0 N–H and O–H groups in total. The van der Waals surface area contributed by atoms with E-state index < -0.39 is 0 Å². The maximum absolute atomic E-state index is 12.1. The van der Waals surface area contributed by atoms with Gasteiger partial charge in [0.15, 0.2) is 0 Å². The van der Waals surface area contributed by atoms with Gasteiger partial charge in [-0.15, -0.1) is 0 Å². The number of hydrogen-bond donors (Lipinski definition) is 0. The van der Waals surface area contributed by atoms with E-state index in [1.54, 1.807) is 25.3 Å². The molecule has 5 heteroatoms. The van der Waals surface area contributed by atoms with E-state index in [9.17, 15) is 4.79 Å².